The van der Waals surface area contributed by atoms with Gasteiger partial charge >= 0.3 is 6.09 Å². The summed E-state index contributed by atoms with van der Waals surface area (Å²) in [7, 11) is 1.76. The third-order valence-corrected chi connectivity index (χ3v) is 4.32. The van der Waals surface area contributed by atoms with Gasteiger partial charge in [-0.2, -0.15) is 0 Å². The maximum atomic E-state index is 11.5. The summed E-state index contributed by atoms with van der Waals surface area (Å²) in [5.74, 6) is 0.169. The summed E-state index contributed by atoms with van der Waals surface area (Å²) in [5.41, 5.74) is 0.606. The minimum atomic E-state index is -0.366. The van der Waals surface area contributed by atoms with Crippen LogP contribution in [0.15, 0.2) is 18.2 Å². The first-order chi connectivity index (χ1) is 9.47. The number of amides is 1. The van der Waals surface area contributed by atoms with Gasteiger partial charge in [0.05, 0.1) is 6.54 Å². The first kappa shape index (κ1) is 13.5. The minimum Gasteiger partial charge on any atom is -0.508 e. The highest BCUT2D eigenvalue weighted by molar-refractivity contribution is 6.31. The molecule has 1 atom stereocenters. The van der Waals surface area contributed by atoms with Crippen molar-refractivity contribution < 1.29 is 14.6 Å². The zero-order valence-electron chi connectivity index (χ0n) is 11.3. The number of aromatic hydroxyl groups is 1. The number of halogens is 1. The Balaban J connectivity index is 1.68. The number of ether oxygens (including phenoxy) is 1. The average Bonchev–Trinajstić information content (AvgIpc) is 2.88. The van der Waals surface area contributed by atoms with Gasteiger partial charge in [-0.1, -0.05) is 17.7 Å². The molecule has 20 heavy (non-hydrogen) atoms. The minimum absolute atomic E-state index is 0.169. The molecule has 0 aliphatic carbocycles. The average molecular weight is 297 g/mol. The Bertz CT molecular complexity index is 551. The molecule has 0 aromatic heterocycles. The molecule has 2 fully saturated rings. The zero-order chi connectivity index (χ0) is 14.3. The first-order valence-corrected chi connectivity index (χ1v) is 6.99. The van der Waals surface area contributed by atoms with Crippen LogP contribution in [0.1, 0.15) is 12.0 Å². The number of phenols is 1. The van der Waals surface area contributed by atoms with Crippen molar-refractivity contribution in [1.82, 2.24) is 9.80 Å². The molecule has 2 aliphatic rings. The standard InChI is InChI=1S/C14H17ClN2O3/c1-16-8-14(20-13(16)19)4-5-17(9-14)7-10-2-3-11(18)6-12(10)15/h2-3,6,18H,4-5,7-9H2,1H3. The maximum Gasteiger partial charge on any atom is 0.410 e. The SMILES string of the molecule is CN1CC2(CCN(Cc3ccc(O)cc3Cl)C2)OC1=O. The molecule has 5 nitrogen and oxygen atoms in total. The van der Waals surface area contributed by atoms with E-state index in [4.69, 9.17) is 16.3 Å². The van der Waals surface area contributed by atoms with Crippen LogP contribution in [-0.4, -0.2) is 53.3 Å². The molecule has 1 aromatic carbocycles. The van der Waals surface area contributed by atoms with Crippen molar-refractivity contribution in [3.05, 3.63) is 28.8 Å². The van der Waals surface area contributed by atoms with Gasteiger partial charge < -0.3 is 14.7 Å². The van der Waals surface area contributed by atoms with Gasteiger partial charge in [0.1, 0.15) is 11.4 Å². The summed E-state index contributed by atoms with van der Waals surface area (Å²) in [5, 5.41) is 9.92. The highest BCUT2D eigenvalue weighted by atomic mass is 35.5. The Kier molecular flexibility index (Phi) is 3.26. The molecule has 6 heteroatoms. The van der Waals surface area contributed by atoms with Crippen LogP contribution in [0.2, 0.25) is 5.02 Å². The molecular formula is C14H17ClN2O3. The second-order valence-electron chi connectivity index (χ2n) is 5.64. The van der Waals surface area contributed by atoms with Crippen LogP contribution in [-0.2, 0) is 11.3 Å². The quantitative estimate of drug-likeness (QED) is 0.908. The fourth-order valence-electron chi connectivity index (χ4n) is 2.97. The Morgan fingerprint density at radius 1 is 1.45 bits per heavy atom. The van der Waals surface area contributed by atoms with Crippen LogP contribution in [0.4, 0.5) is 4.79 Å². The highest BCUT2D eigenvalue weighted by Crippen LogP contribution is 2.33. The topological polar surface area (TPSA) is 53.0 Å². The molecule has 3 rings (SSSR count). The molecular weight excluding hydrogens is 280 g/mol. The van der Waals surface area contributed by atoms with Gasteiger partial charge in [0.25, 0.3) is 0 Å². The normalized spacial score (nSPS) is 26.5. The van der Waals surface area contributed by atoms with E-state index in [9.17, 15) is 9.90 Å². The van der Waals surface area contributed by atoms with E-state index in [1.54, 1.807) is 24.1 Å². The lowest BCUT2D eigenvalue weighted by molar-refractivity contribution is 0.0627. The largest absolute Gasteiger partial charge is 0.508 e. The van der Waals surface area contributed by atoms with E-state index in [2.05, 4.69) is 4.90 Å². The summed E-state index contributed by atoms with van der Waals surface area (Å²) >= 11 is 6.13. The maximum absolute atomic E-state index is 11.5. The second kappa shape index (κ2) is 4.82. The molecule has 1 N–H and O–H groups in total. The molecule has 0 bridgehead atoms. The van der Waals surface area contributed by atoms with Gasteiger partial charge in [-0.3, -0.25) is 4.90 Å². The highest BCUT2D eigenvalue weighted by Gasteiger charge is 2.48. The Morgan fingerprint density at radius 2 is 2.25 bits per heavy atom. The monoisotopic (exact) mass is 296 g/mol. The van der Waals surface area contributed by atoms with Gasteiger partial charge in [-0.05, 0) is 17.7 Å². The number of hydrogen-bond donors (Lipinski definition) is 1. The van der Waals surface area contributed by atoms with Crippen LogP contribution in [0.25, 0.3) is 0 Å². The molecule has 1 amide bonds. The van der Waals surface area contributed by atoms with Gasteiger partial charge in [0.2, 0.25) is 0 Å². The lowest BCUT2D eigenvalue weighted by Gasteiger charge is -2.22. The molecule has 1 aromatic rings. The summed E-state index contributed by atoms with van der Waals surface area (Å²) in [4.78, 5) is 15.4. The van der Waals surface area contributed by atoms with E-state index >= 15 is 0 Å². The Hall–Kier alpha value is -1.46. The number of rotatable bonds is 2. The molecule has 2 heterocycles. The zero-order valence-corrected chi connectivity index (χ0v) is 12.1. The van der Waals surface area contributed by atoms with Crippen molar-refractivity contribution >= 4 is 17.7 Å². The number of benzene rings is 1. The number of likely N-dealkylation sites (tertiary alicyclic amines) is 1. The van der Waals surface area contributed by atoms with Crippen molar-refractivity contribution in [3.63, 3.8) is 0 Å². The van der Waals surface area contributed by atoms with E-state index in [-0.39, 0.29) is 17.4 Å². The van der Waals surface area contributed by atoms with E-state index < -0.39 is 0 Å². The summed E-state index contributed by atoms with van der Waals surface area (Å²) in [6.07, 6.45) is 0.605. The molecule has 1 spiro atoms. The van der Waals surface area contributed by atoms with Crippen molar-refractivity contribution in [2.24, 2.45) is 0 Å². The van der Waals surface area contributed by atoms with Gasteiger partial charge in [-0.25, -0.2) is 4.79 Å². The second-order valence-corrected chi connectivity index (χ2v) is 6.05. The molecule has 2 aliphatic heterocycles. The molecule has 1 unspecified atom stereocenters. The number of carbonyl (C=O) groups is 1. The van der Waals surface area contributed by atoms with Gasteiger partial charge in [-0.15, -0.1) is 0 Å². The molecule has 2 saturated heterocycles. The van der Waals surface area contributed by atoms with Gasteiger partial charge in [0, 0.05) is 38.1 Å². The molecule has 0 radical (unpaired) electrons. The molecule has 0 saturated carbocycles. The number of hydrogen-bond acceptors (Lipinski definition) is 4. The fourth-order valence-corrected chi connectivity index (χ4v) is 3.21. The fraction of sp³-hybridized carbons (Fsp3) is 0.500. The number of phenolic OH excluding ortho intramolecular Hbond substituents is 1. The lowest BCUT2D eigenvalue weighted by atomic mass is 10.0. The summed E-state index contributed by atoms with van der Waals surface area (Å²) < 4.78 is 5.51. The molecule has 108 valence electrons. The van der Waals surface area contributed by atoms with Crippen molar-refractivity contribution in [2.75, 3.05) is 26.7 Å². The summed E-state index contributed by atoms with van der Waals surface area (Å²) in [6.45, 7) is 2.94. The predicted octanol–water partition coefficient (Wildman–Crippen LogP) is 2.07. The number of carbonyl (C=O) groups excluding carboxylic acids is 1. The van der Waals surface area contributed by atoms with Crippen LogP contribution < -0.4 is 0 Å². The smallest absolute Gasteiger partial charge is 0.410 e. The third-order valence-electron chi connectivity index (χ3n) is 3.97. The van der Waals surface area contributed by atoms with Crippen molar-refractivity contribution in [1.29, 1.82) is 0 Å². The number of likely N-dealkylation sites (N-methyl/N-ethyl adjacent to an activating group) is 1. The van der Waals surface area contributed by atoms with Crippen LogP contribution >= 0.6 is 11.6 Å². The van der Waals surface area contributed by atoms with Crippen LogP contribution in [0, 0.1) is 0 Å². The van der Waals surface area contributed by atoms with E-state index in [0.717, 1.165) is 25.1 Å². The lowest BCUT2D eigenvalue weighted by Crippen LogP contribution is -2.37. The number of nitrogens with zero attached hydrogens (tertiary/aromatic N) is 2. The van der Waals surface area contributed by atoms with Crippen molar-refractivity contribution in [3.8, 4) is 5.75 Å². The van der Waals surface area contributed by atoms with Crippen molar-refractivity contribution in [2.45, 2.75) is 18.6 Å². The van der Waals surface area contributed by atoms with E-state index in [1.165, 1.54) is 0 Å². The van der Waals surface area contributed by atoms with Crippen LogP contribution in [0.5, 0.6) is 5.75 Å². The van der Waals surface area contributed by atoms with E-state index in [1.807, 2.05) is 6.07 Å². The third kappa shape index (κ3) is 2.43. The first-order valence-electron chi connectivity index (χ1n) is 6.61. The Labute approximate surface area is 122 Å². The predicted molar refractivity (Wildman–Crippen MR) is 74.9 cm³/mol. The van der Waals surface area contributed by atoms with E-state index in [0.29, 0.717) is 18.1 Å². The van der Waals surface area contributed by atoms with Gasteiger partial charge in [0.15, 0.2) is 0 Å². The van der Waals surface area contributed by atoms with Crippen LogP contribution in [0.3, 0.4) is 0 Å². The Morgan fingerprint density at radius 3 is 2.90 bits per heavy atom. The summed E-state index contributed by atoms with van der Waals surface area (Å²) in [6, 6.07) is 5.01.